The first-order valence-electron chi connectivity index (χ1n) is 4.54. The van der Waals surface area contributed by atoms with Gasteiger partial charge in [-0.25, -0.2) is 0 Å². The lowest BCUT2D eigenvalue weighted by Gasteiger charge is -2.19. The van der Waals surface area contributed by atoms with Crippen LogP contribution in [-0.4, -0.2) is 32.3 Å². The van der Waals surface area contributed by atoms with Crippen molar-refractivity contribution < 1.29 is 22.1 Å². The Morgan fingerprint density at radius 2 is 1.50 bits per heavy atom. The molecule has 0 rings (SSSR count). The molecule has 0 aromatic rings. The molecule has 0 radical (unpaired) electrons. The highest BCUT2D eigenvalue weighted by atomic mass is 32.2. The summed E-state index contributed by atoms with van der Waals surface area (Å²) in [6.07, 6.45) is 0.948. The number of carbonyl (C=O) groups excluding carboxylic acids is 1. The topological polar surface area (TPSA) is 69.7 Å². The average molecular weight is 248 g/mol. The Morgan fingerprint density at radius 1 is 1.06 bits per heavy atom. The number of hydrogen-bond acceptors (Lipinski definition) is 5. The van der Waals surface area contributed by atoms with Gasteiger partial charge in [-0.15, -0.1) is 0 Å². The van der Waals surface area contributed by atoms with Crippen LogP contribution in [0.4, 0.5) is 0 Å². The predicted molar refractivity (Wildman–Crippen MR) is 59.0 cm³/mol. The van der Waals surface area contributed by atoms with Gasteiger partial charge in [0.05, 0.1) is 6.26 Å². The molecule has 0 N–H and O–H groups in total. The third-order valence-electron chi connectivity index (χ3n) is 1.37. The molecule has 0 aliphatic carbocycles. The van der Waals surface area contributed by atoms with E-state index in [4.69, 9.17) is 8.92 Å². The molecule has 0 saturated heterocycles. The Balaban J connectivity index is 4.83. The minimum absolute atomic E-state index is 0.291. The maximum Gasteiger partial charge on any atom is 0.294 e. The second-order valence-electron chi connectivity index (χ2n) is 4.27. The van der Waals surface area contributed by atoms with E-state index in [1.54, 1.807) is 13.8 Å². The van der Waals surface area contributed by atoms with Gasteiger partial charge in [-0.1, -0.05) is 11.8 Å². The highest BCUT2D eigenvalue weighted by molar-refractivity contribution is 7.86. The maximum absolute atomic E-state index is 10.9. The molecule has 0 saturated carbocycles. The fourth-order valence-corrected chi connectivity index (χ4v) is 1.65. The van der Waals surface area contributed by atoms with Crippen LogP contribution in [0.2, 0.25) is 0 Å². The molecule has 0 atom stereocenters. The molecular weight excluding hydrogens is 232 g/mol. The fourth-order valence-electron chi connectivity index (χ4n) is 0.850. The van der Waals surface area contributed by atoms with Gasteiger partial charge in [0.1, 0.15) is 5.60 Å². The predicted octanol–water partition coefficient (Wildman–Crippen LogP) is 0.696. The molecule has 0 aliphatic rings. The average Bonchev–Trinajstić information content (AvgIpc) is 1.97. The van der Waals surface area contributed by atoms with E-state index in [2.05, 4.69) is 11.8 Å². The van der Waals surface area contributed by atoms with Crippen LogP contribution in [0, 0.1) is 11.8 Å². The van der Waals surface area contributed by atoms with Crippen LogP contribution in [0.3, 0.4) is 0 Å². The van der Waals surface area contributed by atoms with E-state index in [1.807, 2.05) is 0 Å². The molecule has 0 amide bonds. The molecule has 0 heterocycles. The smallest absolute Gasteiger partial charge is 0.294 e. The Hall–Kier alpha value is -1.06. The summed E-state index contributed by atoms with van der Waals surface area (Å²) in [7, 11) is -3.57. The van der Waals surface area contributed by atoms with E-state index in [0.717, 1.165) is 6.26 Å². The Kier molecular flexibility index (Phi) is 4.53. The summed E-state index contributed by atoms with van der Waals surface area (Å²) in [4.78, 5) is 10.2. The first-order chi connectivity index (χ1) is 6.97. The molecule has 6 heteroatoms. The summed E-state index contributed by atoms with van der Waals surface area (Å²) in [6.45, 7) is 6.49. The van der Waals surface area contributed by atoms with Crippen LogP contribution in [-0.2, 0) is 23.8 Å². The van der Waals surface area contributed by atoms with E-state index >= 15 is 0 Å². The first-order valence-corrected chi connectivity index (χ1v) is 6.35. The molecule has 0 fully saturated rings. The van der Waals surface area contributed by atoms with Crippen LogP contribution in [0.5, 0.6) is 0 Å². The third-order valence-corrected chi connectivity index (χ3v) is 2.09. The second-order valence-corrected chi connectivity index (χ2v) is 5.85. The summed E-state index contributed by atoms with van der Waals surface area (Å²) >= 11 is 0. The molecular formula is C10H16O5S. The van der Waals surface area contributed by atoms with Crippen LogP contribution < -0.4 is 0 Å². The number of rotatable bonds is 4. The van der Waals surface area contributed by atoms with Gasteiger partial charge in [-0.3, -0.25) is 8.98 Å². The minimum atomic E-state index is -3.57. The normalized spacial score (nSPS) is 12.6. The van der Waals surface area contributed by atoms with E-state index in [9.17, 15) is 13.2 Å². The van der Waals surface area contributed by atoms with Crippen molar-refractivity contribution in [2.45, 2.75) is 38.9 Å². The number of hydrogen-bond donors (Lipinski definition) is 0. The van der Waals surface area contributed by atoms with E-state index < -0.39 is 21.3 Å². The van der Waals surface area contributed by atoms with Crippen molar-refractivity contribution in [3.8, 4) is 11.8 Å². The van der Waals surface area contributed by atoms with Gasteiger partial charge >= 0.3 is 0 Å². The van der Waals surface area contributed by atoms with Crippen molar-refractivity contribution in [3.63, 3.8) is 0 Å². The highest BCUT2D eigenvalue weighted by Crippen LogP contribution is 2.13. The highest BCUT2D eigenvalue weighted by Gasteiger charge is 2.23. The molecule has 0 aliphatic heterocycles. The largest absolute Gasteiger partial charge is 0.449 e. The lowest BCUT2D eigenvalue weighted by Crippen LogP contribution is -2.28. The lowest BCUT2D eigenvalue weighted by atomic mass is 10.1. The Bertz CT molecular complexity index is 408. The zero-order chi connectivity index (χ0) is 13.0. The molecule has 0 unspecified atom stereocenters. The third kappa shape index (κ3) is 7.26. The summed E-state index contributed by atoms with van der Waals surface area (Å²) in [5, 5.41) is 0. The lowest BCUT2D eigenvalue weighted by molar-refractivity contribution is -0.135. The Morgan fingerprint density at radius 3 is 1.88 bits per heavy atom. The summed E-state index contributed by atoms with van der Waals surface area (Å²) in [5.74, 6) is 5.24. The second kappa shape index (κ2) is 4.85. The van der Waals surface area contributed by atoms with Crippen LogP contribution in [0.15, 0.2) is 0 Å². The van der Waals surface area contributed by atoms with Crippen LogP contribution in [0.25, 0.3) is 0 Å². The van der Waals surface area contributed by atoms with Gasteiger partial charge < -0.3 is 4.74 Å². The van der Waals surface area contributed by atoms with Crippen molar-refractivity contribution in [1.82, 2.24) is 0 Å². The van der Waals surface area contributed by atoms with Gasteiger partial charge in [0.2, 0.25) is 0 Å². The zero-order valence-electron chi connectivity index (χ0n) is 10.0. The molecule has 0 bridgehead atoms. The SMILES string of the molecule is CC(C)(C#CC(C)(C)OS(C)(=O)=O)OC=O. The first kappa shape index (κ1) is 14.9. The minimum Gasteiger partial charge on any atom is -0.449 e. The summed E-state index contributed by atoms with van der Waals surface area (Å²) in [5.41, 5.74) is -2.13. The van der Waals surface area contributed by atoms with Crippen molar-refractivity contribution in [1.29, 1.82) is 0 Å². The van der Waals surface area contributed by atoms with Crippen molar-refractivity contribution in [2.75, 3.05) is 6.26 Å². The summed E-state index contributed by atoms with van der Waals surface area (Å²) < 4.78 is 31.3. The van der Waals surface area contributed by atoms with Gasteiger partial charge in [-0.2, -0.15) is 8.42 Å². The van der Waals surface area contributed by atoms with Crippen molar-refractivity contribution in [3.05, 3.63) is 0 Å². The number of carbonyl (C=O) groups is 1. The molecule has 92 valence electrons. The molecule has 16 heavy (non-hydrogen) atoms. The van der Waals surface area contributed by atoms with Gasteiger partial charge in [0, 0.05) is 0 Å². The zero-order valence-corrected chi connectivity index (χ0v) is 10.8. The van der Waals surface area contributed by atoms with Crippen LogP contribution in [0.1, 0.15) is 27.7 Å². The number of ether oxygens (including phenoxy) is 1. The van der Waals surface area contributed by atoms with E-state index in [0.29, 0.717) is 6.47 Å². The van der Waals surface area contributed by atoms with Gasteiger partial charge in [0.25, 0.3) is 16.6 Å². The molecule has 5 nitrogen and oxygen atoms in total. The fraction of sp³-hybridized carbons (Fsp3) is 0.700. The summed E-state index contributed by atoms with van der Waals surface area (Å²) in [6, 6.07) is 0. The Labute approximate surface area is 96.2 Å². The van der Waals surface area contributed by atoms with Gasteiger partial charge in [0.15, 0.2) is 5.60 Å². The van der Waals surface area contributed by atoms with Crippen molar-refractivity contribution in [2.24, 2.45) is 0 Å². The van der Waals surface area contributed by atoms with Gasteiger partial charge in [-0.05, 0) is 27.7 Å². The molecule has 0 aromatic heterocycles. The standard InChI is InChI=1S/C10H16O5S/c1-9(2,14-8-11)6-7-10(3,4)15-16(5,12)13/h8H,1-5H3. The van der Waals surface area contributed by atoms with Crippen molar-refractivity contribution >= 4 is 16.6 Å². The molecule has 0 spiro atoms. The van der Waals surface area contributed by atoms with E-state index in [1.165, 1.54) is 13.8 Å². The van der Waals surface area contributed by atoms with Crippen LogP contribution >= 0.6 is 0 Å². The monoisotopic (exact) mass is 248 g/mol. The maximum atomic E-state index is 10.9. The quantitative estimate of drug-likeness (QED) is 0.416. The van der Waals surface area contributed by atoms with E-state index in [-0.39, 0.29) is 0 Å². The molecule has 0 aromatic carbocycles.